The Morgan fingerprint density at radius 2 is 2.33 bits per heavy atom. The number of aliphatic hydroxyl groups is 1. The molecule has 1 N–H and O–H groups in total. The van der Waals surface area contributed by atoms with E-state index in [1.165, 1.54) is 18.2 Å². The molecule has 2 rings (SSSR count). The molecule has 1 atom stereocenters. The zero-order valence-corrected chi connectivity index (χ0v) is 10.9. The van der Waals surface area contributed by atoms with Crippen molar-refractivity contribution in [3.05, 3.63) is 29.6 Å². The maximum absolute atomic E-state index is 13.6. The van der Waals surface area contributed by atoms with Crippen LogP contribution in [0.25, 0.3) is 0 Å². The fraction of sp³-hybridized carbons (Fsp3) is 0.462. The van der Waals surface area contributed by atoms with Gasteiger partial charge < -0.3 is 10.0 Å². The molecule has 1 fully saturated rings. The number of halogens is 1. The summed E-state index contributed by atoms with van der Waals surface area (Å²) in [6, 6.07) is 4.24. The van der Waals surface area contributed by atoms with Crippen molar-refractivity contribution in [2.45, 2.75) is 17.7 Å². The van der Waals surface area contributed by atoms with E-state index in [-0.39, 0.29) is 18.1 Å². The zero-order chi connectivity index (χ0) is 13.1. The Bertz CT molecular complexity index is 453. The summed E-state index contributed by atoms with van der Waals surface area (Å²) < 4.78 is 13.6. The fourth-order valence-corrected chi connectivity index (χ4v) is 2.49. The third kappa shape index (κ3) is 2.84. The Morgan fingerprint density at radius 3 is 3.06 bits per heavy atom. The predicted molar refractivity (Wildman–Crippen MR) is 69.4 cm³/mol. The van der Waals surface area contributed by atoms with Crippen LogP contribution in [0.2, 0.25) is 0 Å². The van der Waals surface area contributed by atoms with E-state index in [0.717, 1.165) is 6.42 Å². The number of thiol groups is 1. The molecule has 0 bridgehead atoms. The molecule has 1 saturated heterocycles. The minimum absolute atomic E-state index is 0.0761. The van der Waals surface area contributed by atoms with Gasteiger partial charge in [0, 0.05) is 24.6 Å². The molecule has 1 aromatic carbocycles. The second kappa shape index (κ2) is 5.71. The van der Waals surface area contributed by atoms with Gasteiger partial charge >= 0.3 is 0 Å². The highest BCUT2D eigenvalue weighted by Gasteiger charge is 2.27. The first kappa shape index (κ1) is 13.4. The van der Waals surface area contributed by atoms with E-state index in [4.69, 9.17) is 5.11 Å². The number of nitrogens with zero attached hydrogens (tertiary/aromatic N) is 1. The van der Waals surface area contributed by atoms with Gasteiger partial charge in [0.25, 0.3) is 5.91 Å². The van der Waals surface area contributed by atoms with Gasteiger partial charge in [0.2, 0.25) is 0 Å². The Kier molecular flexibility index (Phi) is 4.24. The summed E-state index contributed by atoms with van der Waals surface area (Å²) in [4.78, 5) is 14.4. The highest BCUT2D eigenvalue weighted by Crippen LogP contribution is 2.23. The Morgan fingerprint density at radius 1 is 1.56 bits per heavy atom. The molecule has 1 aliphatic heterocycles. The van der Waals surface area contributed by atoms with Crippen LogP contribution in [0, 0.1) is 11.7 Å². The molecule has 0 spiro atoms. The summed E-state index contributed by atoms with van der Waals surface area (Å²) >= 11 is 4.12. The highest BCUT2D eigenvalue weighted by molar-refractivity contribution is 7.80. The van der Waals surface area contributed by atoms with Crippen molar-refractivity contribution in [2.75, 3.05) is 19.7 Å². The van der Waals surface area contributed by atoms with Crippen molar-refractivity contribution < 1.29 is 14.3 Å². The van der Waals surface area contributed by atoms with E-state index in [1.54, 1.807) is 4.90 Å². The normalized spacial score (nSPS) is 19.3. The van der Waals surface area contributed by atoms with Crippen LogP contribution < -0.4 is 0 Å². The number of benzene rings is 1. The van der Waals surface area contributed by atoms with Crippen LogP contribution in [-0.4, -0.2) is 35.6 Å². The average molecular weight is 269 g/mol. The Balaban J connectivity index is 2.10. The average Bonchev–Trinajstić information content (AvgIpc) is 2.80. The molecule has 0 aliphatic carbocycles. The largest absolute Gasteiger partial charge is 0.396 e. The third-order valence-corrected chi connectivity index (χ3v) is 3.57. The molecule has 3 nitrogen and oxygen atoms in total. The lowest BCUT2D eigenvalue weighted by atomic mass is 10.1. The molecule has 0 radical (unpaired) electrons. The number of amides is 1. The Hall–Kier alpha value is -1.07. The molecule has 5 heteroatoms. The van der Waals surface area contributed by atoms with E-state index in [2.05, 4.69) is 12.6 Å². The van der Waals surface area contributed by atoms with E-state index in [0.29, 0.717) is 30.3 Å². The summed E-state index contributed by atoms with van der Waals surface area (Å²) in [6.45, 7) is 1.35. The second-order valence-corrected chi connectivity index (χ2v) is 5.10. The Labute approximate surface area is 111 Å². The number of aliphatic hydroxyl groups excluding tert-OH is 1. The SMILES string of the molecule is O=C(c1cc(S)ccc1F)N1CCC(CCO)C1. The fourth-order valence-electron chi connectivity index (χ4n) is 2.28. The number of rotatable bonds is 3. The molecule has 0 aromatic heterocycles. The summed E-state index contributed by atoms with van der Waals surface area (Å²) in [7, 11) is 0. The topological polar surface area (TPSA) is 40.5 Å². The number of hydrogen-bond donors (Lipinski definition) is 2. The molecule has 0 saturated carbocycles. The smallest absolute Gasteiger partial charge is 0.256 e. The first-order valence-corrected chi connectivity index (χ1v) is 6.45. The molecule has 98 valence electrons. The number of hydrogen-bond acceptors (Lipinski definition) is 3. The molecule has 1 aromatic rings. The van der Waals surface area contributed by atoms with Crippen LogP contribution in [0.5, 0.6) is 0 Å². The standard InChI is InChI=1S/C13H16FNO2S/c14-12-2-1-10(18)7-11(12)13(17)15-5-3-9(8-15)4-6-16/h1-2,7,9,16,18H,3-6,8H2. The molecule has 1 amide bonds. The molecule has 1 aliphatic rings. The maximum atomic E-state index is 13.6. The van der Waals surface area contributed by atoms with E-state index in [1.807, 2.05) is 0 Å². The molecular formula is C13H16FNO2S. The second-order valence-electron chi connectivity index (χ2n) is 4.58. The van der Waals surface area contributed by atoms with Gasteiger partial charge in [-0.25, -0.2) is 4.39 Å². The predicted octanol–water partition coefficient (Wildman–Crippen LogP) is 1.96. The highest BCUT2D eigenvalue weighted by atomic mass is 32.1. The van der Waals surface area contributed by atoms with Crippen molar-refractivity contribution in [3.8, 4) is 0 Å². The summed E-state index contributed by atoms with van der Waals surface area (Å²) in [6.07, 6.45) is 1.56. The number of carbonyl (C=O) groups is 1. The minimum Gasteiger partial charge on any atom is -0.396 e. The van der Waals surface area contributed by atoms with E-state index >= 15 is 0 Å². The summed E-state index contributed by atoms with van der Waals surface area (Å²) in [5.41, 5.74) is 0.0761. The van der Waals surface area contributed by atoms with Crippen molar-refractivity contribution >= 4 is 18.5 Å². The van der Waals surface area contributed by atoms with Crippen LogP contribution in [0.1, 0.15) is 23.2 Å². The first-order chi connectivity index (χ1) is 8.61. The van der Waals surface area contributed by atoms with Crippen LogP contribution in [0.4, 0.5) is 4.39 Å². The van der Waals surface area contributed by atoms with Crippen LogP contribution in [0.3, 0.4) is 0 Å². The van der Waals surface area contributed by atoms with Crippen LogP contribution in [-0.2, 0) is 0 Å². The van der Waals surface area contributed by atoms with Gasteiger partial charge in [-0.1, -0.05) is 0 Å². The first-order valence-electron chi connectivity index (χ1n) is 6.00. The van der Waals surface area contributed by atoms with Gasteiger partial charge in [-0.15, -0.1) is 12.6 Å². The lowest BCUT2D eigenvalue weighted by Gasteiger charge is -2.17. The summed E-state index contributed by atoms with van der Waals surface area (Å²) in [5.74, 6) is -0.478. The lowest BCUT2D eigenvalue weighted by Crippen LogP contribution is -2.29. The van der Waals surface area contributed by atoms with Gasteiger partial charge in [0.1, 0.15) is 5.82 Å². The maximum Gasteiger partial charge on any atom is 0.256 e. The van der Waals surface area contributed by atoms with Crippen molar-refractivity contribution in [1.29, 1.82) is 0 Å². The van der Waals surface area contributed by atoms with E-state index in [9.17, 15) is 9.18 Å². The third-order valence-electron chi connectivity index (χ3n) is 3.29. The van der Waals surface area contributed by atoms with Crippen molar-refractivity contribution in [3.63, 3.8) is 0 Å². The van der Waals surface area contributed by atoms with Gasteiger partial charge in [-0.2, -0.15) is 0 Å². The van der Waals surface area contributed by atoms with Crippen molar-refractivity contribution in [1.82, 2.24) is 4.90 Å². The number of carbonyl (C=O) groups excluding carboxylic acids is 1. The lowest BCUT2D eigenvalue weighted by molar-refractivity contribution is 0.0780. The van der Waals surface area contributed by atoms with Gasteiger partial charge in [0.05, 0.1) is 5.56 Å². The molecule has 1 unspecified atom stereocenters. The zero-order valence-electron chi connectivity index (χ0n) is 9.97. The van der Waals surface area contributed by atoms with Crippen LogP contribution in [0.15, 0.2) is 23.1 Å². The minimum atomic E-state index is -0.511. The monoisotopic (exact) mass is 269 g/mol. The van der Waals surface area contributed by atoms with Gasteiger partial charge in [-0.3, -0.25) is 4.79 Å². The summed E-state index contributed by atoms with van der Waals surface area (Å²) in [5, 5.41) is 8.88. The quantitative estimate of drug-likeness (QED) is 0.824. The van der Waals surface area contributed by atoms with Crippen molar-refractivity contribution in [2.24, 2.45) is 5.92 Å². The van der Waals surface area contributed by atoms with Crippen LogP contribution >= 0.6 is 12.6 Å². The van der Waals surface area contributed by atoms with Gasteiger partial charge in [-0.05, 0) is 37.0 Å². The molecule has 1 heterocycles. The van der Waals surface area contributed by atoms with Gasteiger partial charge in [0.15, 0.2) is 0 Å². The molecule has 18 heavy (non-hydrogen) atoms. The number of likely N-dealkylation sites (tertiary alicyclic amines) is 1. The van der Waals surface area contributed by atoms with E-state index < -0.39 is 5.82 Å². The molecular weight excluding hydrogens is 253 g/mol.